The molecule has 6 heteroatoms. The molecule has 0 heterocycles. The van der Waals surface area contributed by atoms with Gasteiger partial charge in [-0.25, -0.2) is 4.79 Å². The number of rotatable bonds is 8. The largest absolute Gasteiger partial charge is 0.504 e. The topological polar surface area (TPSA) is 76.1 Å². The fourth-order valence-electron chi connectivity index (χ4n) is 2.74. The first kappa shape index (κ1) is 20.9. The zero-order valence-electron chi connectivity index (χ0n) is 16.7. The molecule has 0 aliphatic rings. The molecule has 1 N–H and O–H groups in total. The van der Waals surface area contributed by atoms with E-state index in [4.69, 9.17) is 9.47 Å². The van der Waals surface area contributed by atoms with Crippen LogP contribution in [0.15, 0.2) is 78.9 Å². The van der Waals surface area contributed by atoms with Gasteiger partial charge in [-0.3, -0.25) is 4.79 Å². The first-order valence-corrected chi connectivity index (χ1v) is 9.47. The molecule has 6 nitrogen and oxygen atoms in total. The second kappa shape index (κ2) is 10.1. The Hall–Kier alpha value is -3.80. The van der Waals surface area contributed by atoms with Crippen LogP contribution in [0.2, 0.25) is 0 Å². The number of nitrogens with zero attached hydrogens (tertiary/aromatic N) is 1. The maximum atomic E-state index is 12.6. The van der Waals surface area contributed by atoms with Gasteiger partial charge in [0.25, 0.3) is 0 Å². The lowest BCUT2D eigenvalue weighted by Crippen LogP contribution is -2.32. The Balaban J connectivity index is 1.57. The molecule has 0 unspecified atom stereocenters. The summed E-state index contributed by atoms with van der Waals surface area (Å²) in [6.45, 7) is 0.239. The van der Waals surface area contributed by atoms with Crippen LogP contribution < -0.4 is 4.74 Å². The quantitative estimate of drug-likeness (QED) is 0.562. The highest BCUT2D eigenvalue weighted by Crippen LogP contribution is 2.28. The SMILES string of the molecule is CN(CC(=O)c1ccc(O)c(OCc2ccccc2)c1)C(=O)OCc1ccccc1. The van der Waals surface area contributed by atoms with Crippen LogP contribution in [0.1, 0.15) is 21.5 Å². The van der Waals surface area contributed by atoms with Crippen LogP contribution in [0.25, 0.3) is 0 Å². The smallest absolute Gasteiger partial charge is 0.410 e. The van der Waals surface area contributed by atoms with Crippen molar-refractivity contribution in [3.8, 4) is 11.5 Å². The van der Waals surface area contributed by atoms with Crippen molar-refractivity contribution in [3.05, 3.63) is 95.6 Å². The molecule has 0 atom stereocenters. The van der Waals surface area contributed by atoms with E-state index in [-0.39, 0.29) is 37.0 Å². The Kier molecular flexibility index (Phi) is 7.05. The number of likely N-dealkylation sites (N-methyl/N-ethyl adjacent to an activating group) is 1. The number of hydrogen-bond donors (Lipinski definition) is 1. The summed E-state index contributed by atoms with van der Waals surface area (Å²) in [7, 11) is 1.50. The van der Waals surface area contributed by atoms with Crippen molar-refractivity contribution in [3.63, 3.8) is 0 Å². The fraction of sp³-hybridized carbons (Fsp3) is 0.167. The molecule has 0 aliphatic carbocycles. The minimum atomic E-state index is -0.591. The fourth-order valence-corrected chi connectivity index (χ4v) is 2.74. The predicted molar refractivity (Wildman–Crippen MR) is 112 cm³/mol. The average molecular weight is 405 g/mol. The molecule has 3 aromatic carbocycles. The van der Waals surface area contributed by atoms with E-state index >= 15 is 0 Å². The third-order valence-electron chi connectivity index (χ3n) is 4.42. The molecular weight excluding hydrogens is 382 g/mol. The van der Waals surface area contributed by atoms with Crippen LogP contribution >= 0.6 is 0 Å². The number of Topliss-reactive ketones (excluding diaryl/α,β-unsaturated/α-hetero) is 1. The molecule has 0 spiro atoms. The first-order valence-electron chi connectivity index (χ1n) is 9.47. The normalized spacial score (nSPS) is 10.3. The molecule has 0 saturated heterocycles. The van der Waals surface area contributed by atoms with Gasteiger partial charge >= 0.3 is 6.09 Å². The summed E-state index contributed by atoms with van der Waals surface area (Å²) in [5, 5.41) is 10.0. The molecule has 0 fully saturated rings. The number of ketones is 1. The van der Waals surface area contributed by atoms with E-state index in [0.29, 0.717) is 5.56 Å². The highest BCUT2D eigenvalue weighted by atomic mass is 16.6. The summed E-state index contributed by atoms with van der Waals surface area (Å²) < 4.78 is 10.9. The van der Waals surface area contributed by atoms with Crippen molar-refractivity contribution in [2.24, 2.45) is 0 Å². The number of ether oxygens (including phenoxy) is 2. The van der Waals surface area contributed by atoms with Gasteiger partial charge in [0.15, 0.2) is 17.3 Å². The minimum Gasteiger partial charge on any atom is -0.504 e. The van der Waals surface area contributed by atoms with Crippen molar-refractivity contribution < 1.29 is 24.2 Å². The average Bonchev–Trinajstić information content (AvgIpc) is 2.78. The van der Waals surface area contributed by atoms with Crippen LogP contribution in [-0.2, 0) is 18.0 Å². The summed E-state index contributed by atoms with van der Waals surface area (Å²) in [6.07, 6.45) is -0.591. The lowest BCUT2D eigenvalue weighted by Gasteiger charge is -2.17. The lowest BCUT2D eigenvalue weighted by molar-refractivity contribution is 0.0850. The van der Waals surface area contributed by atoms with Gasteiger partial charge in [-0.05, 0) is 29.3 Å². The summed E-state index contributed by atoms with van der Waals surface area (Å²) in [5.41, 5.74) is 2.14. The van der Waals surface area contributed by atoms with Crippen molar-refractivity contribution >= 4 is 11.9 Å². The van der Waals surface area contributed by atoms with Crippen LogP contribution in [-0.4, -0.2) is 35.5 Å². The number of carbonyl (C=O) groups is 2. The Morgan fingerprint density at radius 1 is 0.867 bits per heavy atom. The molecule has 154 valence electrons. The summed E-state index contributed by atoms with van der Waals surface area (Å²) in [4.78, 5) is 25.9. The van der Waals surface area contributed by atoms with Crippen LogP contribution in [0.5, 0.6) is 11.5 Å². The predicted octanol–water partition coefficient (Wildman–Crippen LogP) is 4.42. The number of phenolic OH excluding ortho intramolecular Hbond substituents is 1. The summed E-state index contributed by atoms with van der Waals surface area (Å²) in [5.74, 6) is -0.143. The Bertz CT molecular complexity index is 989. The van der Waals surface area contributed by atoms with Gasteiger partial charge in [-0.1, -0.05) is 60.7 Å². The summed E-state index contributed by atoms with van der Waals surface area (Å²) in [6, 6.07) is 23.2. The van der Waals surface area contributed by atoms with E-state index < -0.39 is 6.09 Å². The van der Waals surface area contributed by atoms with Gasteiger partial charge in [0.2, 0.25) is 0 Å². The minimum absolute atomic E-state index is 0.0573. The third-order valence-corrected chi connectivity index (χ3v) is 4.42. The van der Waals surface area contributed by atoms with Gasteiger partial charge in [0, 0.05) is 12.6 Å². The van der Waals surface area contributed by atoms with Gasteiger partial charge in [-0.2, -0.15) is 0 Å². The molecule has 1 amide bonds. The standard InChI is InChI=1S/C24H23NO5/c1-25(24(28)30-17-19-10-6-3-7-11-19)15-22(27)20-12-13-21(26)23(14-20)29-16-18-8-4-2-5-9-18/h2-14,26H,15-17H2,1H3. The Morgan fingerprint density at radius 3 is 2.10 bits per heavy atom. The molecule has 0 aromatic heterocycles. The van der Waals surface area contributed by atoms with Gasteiger partial charge in [0.1, 0.15) is 13.2 Å². The van der Waals surface area contributed by atoms with Crippen molar-refractivity contribution in [1.82, 2.24) is 4.90 Å². The second-order valence-electron chi connectivity index (χ2n) is 6.78. The molecular formula is C24H23NO5. The number of benzene rings is 3. The molecule has 3 aromatic rings. The molecule has 0 radical (unpaired) electrons. The number of hydrogen-bond acceptors (Lipinski definition) is 5. The number of carbonyl (C=O) groups excluding carboxylic acids is 2. The molecule has 0 aliphatic heterocycles. The van der Waals surface area contributed by atoms with Crippen molar-refractivity contribution in [2.75, 3.05) is 13.6 Å². The highest BCUT2D eigenvalue weighted by molar-refractivity contribution is 5.99. The van der Waals surface area contributed by atoms with Crippen molar-refractivity contribution in [2.45, 2.75) is 13.2 Å². The Labute approximate surface area is 175 Å². The molecule has 3 rings (SSSR count). The zero-order valence-corrected chi connectivity index (χ0v) is 16.7. The number of aromatic hydroxyl groups is 1. The second-order valence-corrected chi connectivity index (χ2v) is 6.78. The maximum absolute atomic E-state index is 12.6. The lowest BCUT2D eigenvalue weighted by atomic mass is 10.1. The number of amides is 1. The molecule has 0 saturated carbocycles. The highest BCUT2D eigenvalue weighted by Gasteiger charge is 2.17. The van der Waals surface area contributed by atoms with Crippen LogP contribution in [0.4, 0.5) is 4.79 Å². The van der Waals surface area contributed by atoms with Crippen LogP contribution in [0, 0.1) is 0 Å². The van der Waals surface area contributed by atoms with E-state index in [0.717, 1.165) is 11.1 Å². The van der Waals surface area contributed by atoms with Gasteiger partial charge in [-0.15, -0.1) is 0 Å². The molecule has 30 heavy (non-hydrogen) atoms. The Morgan fingerprint density at radius 2 is 1.47 bits per heavy atom. The van der Waals surface area contributed by atoms with Gasteiger partial charge in [0.05, 0.1) is 6.54 Å². The monoisotopic (exact) mass is 405 g/mol. The zero-order chi connectivity index (χ0) is 21.3. The first-order chi connectivity index (χ1) is 14.5. The van der Waals surface area contributed by atoms with E-state index in [1.54, 1.807) is 0 Å². The molecule has 0 bridgehead atoms. The van der Waals surface area contributed by atoms with Crippen molar-refractivity contribution in [1.29, 1.82) is 0 Å². The summed E-state index contributed by atoms with van der Waals surface area (Å²) >= 11 is 0. The van der Waals surface area contributed by atoms with E-state index in [2.05, 4.69) is 0 Å². The maximum Gasteiger partial charge on any atom is 0.410 e. The van der Waals surface area contributed by atoms with E-state index in [1.165, 1.54) is 30.1 Å². The van der Waals surface area contributed by atoms with Crippen LogP contribution in [0.3, 0.4) is 0 Å². The van der Waals surface area contributed by atoms with E-state index in [1.807, 2.05) is 60.7 Å². The third kappa shape index (κ3) is 5.85. The van der Waals surface area contributed by atoms with E-state index in [9.17, 15) is 14.7 Å². The number of phenols is 1. The van der Waals surface area contributed by atoms with Gasteiger partial charge < -0.3 is 19.5 Å².